The number of carbonyl (C=O) groups is 1. The molecule has 0 aliphatic rings. The quantitative estimate of drug-likeness (QED) is 0.705. The van der Waals surface area contributed by atoms with Gasteiger partial charge in [0.1, 0.15) is 5.78 Å². The number of aromatic nitrogens is 2. The minimum absolute atomic E-state index is 0.294. The van der Waals surface area contributed by atoms with Crippen molar-refractivity contribution < 1.29 is 4.79 Å². The molecule has 13 heavy (non-hydrogen) atoms. The third kappa shape index (κ3) is 3.40. The van der Waals surface area contributed by atoms with Gasteiger partial charge in [0.2, 0.25) is 0 Å². The van der Waals surface area contributed by atoms with Gasteiger partial charge in [0, 0.05) is 26.1 Å². The summed E-state index contributed by atoms with van der Waals surface area (Å²) in [6, 6.07) is 0. The Morgan fingerprint density at radius 1 is 1.62 bits per heavy atom. The largest absolute Gasteiger partial charge is 0.299 e. The molecule has 0 saturated heterocycles. The number of hydrogen-bond donors (Lipinski definition) is 0. The number of ketones is 1. The van der Waals surface area contributed by atoms with E-state index in [9.17, 15) is 4.79 Å². The molecule has 0 N–H and O–H groups in total. The maximum absolute atomic E-state index is 11.4. The maximum Gasteiger partial charge on any atom is 0.137 e. The van der Waals surface area contributed by atoms with Gasteiger partial charge in [-0.2, -0.15) is 5.10 Å². The lowest BCUT2D eigenvalue weighted by Crippen LogP contribution is -2.05. The molecule has 0 unspecified atom stereocenters. The van der Waals surface area contributed by atoms with E-state index in [1.807, 2.05) is 13.2 Å². The minimum Gasteiger partial charge on any atom is -0.299 e. The van der Waals surface area contributed by atoms with Gasteiger partial charge in [0.15, 0.2) is 0 Å². The highest BCUT2D eigenvalue weighted by Gasteiger charge is 2.07. The number of rotatable bonds is 4. The van der Waals surface area contributed by atoms with E-state index in [0.29, 0.717) is 24.5 Å². The molecule has 72 valence electrons. The Morgan fingerprint density at radius 2 is 2.31 bits per heavy atom. The van der Waals surface area contributed by atoms with E-state index in [4.69, 9.17) is 0 Å². The molecule has 1 heterocycles. The smallest absolute Gasteiger partial charge is 0.137 e. The summed E-state index contributed by atoms with van der Waals surface area (Å²) in [5.74, 6) is 0.743. The fraction of sp³-hybridized carbons (Fsp3) is 0.600. The number of hydrogen-bond acceptors (Lipinski definition) is 2. The van der Waals surface area contributed by atoms with Crippen LogP contribution in [0.25, 0.3) is 0 Å². The van der Waals surface area contributed by atoms with Crippen LogP contribution in [-0.4, -0.2) is 15.6 Å². The molecule has 0 atom stereocenters. The van der Waals surface area contributed by atoms with E-state index in [1.165, 1.54) is 0 Å². The molecule has 0 saturated carbocycles. The Morgan fingerprint density at radius 3 is 2.77 bits per heavy atom. The Labute approximate surface area is 78.8 Å². The number of carbonyl (C=O) groups excluding carboxylic acids is 1. The molecule has 0 bridgehead atoms. The molecule has 1 aromatic rings. The standard InChI is InChI=1S/C10H16N2O/c1-8(2)4-10(13)5-9-6-11-12(3)7-9/h6-8H,4-5H2,1-3H3. The molecular weight excluding hydrogens is 164 g/mol. The highest BCUT2D eigenvalue weighted by atomic mass is 16.1. The van der Waals surface area contributed by atoms with Crippen molar-refractivity contribution in [3.05, 3.63) is 18.0 Å². The van der Waals surface area contributed by atoms with E-state index >= 15 is 0 Å². The zero-order valence-corrected chi connectivity index (χ0v) is 8.45. The van der Waals surface area contributed by atoms with Gasteiger partial charge in [-0.05, 0) is 11.5 Å². The van der Waals surface area contributed by atoms with E-state index in [2.05, 4.69) is 18.9 Å². The number of Topliss-reactive ketones (excluding diaryl/α,β-unsaturated/α-hetero) is 1. The molecule has 0 aliphatic heterocycles. The van der Waals surface area contributed by atoms with Gasteiger partial charge >= 0.3 is 0 Å². The lowest BCUT2D eigenvalue weighted by Gasteiger charge is -2.01. The Balaban J connectivity index is 2.45. The van der Waals surface area contributed by atoms with Crippen LogP contribution in [0.3, 0.4) is 0 Å². The summed E-state index contributed by atoms with van der Waals surface area (Å²) >= 11 is 0. The first-order valence-corrected chi connectivity index (χ1v) is 4.57. The Hall–Kier alpha value is -1.12. The Bertz CT molecular complexity index is 289. The molecule has 3 nitrogen and oxygen atoms in total. The average molecular weight is 180 g/mol. The highest BCUT2D eigenvalue weighted by Crippen LogP contribution is 2.05. The predicted molar refractivity (Wildman–Crippen MR) is 51.4 cm³/mol. The van der Waals surface area contributed by atoms with Crippen LogP contribution >= 0.6 is 0 Å². The second-order valence-corrected chi connectivity index (χ2v) is 3.84. The second kappa shape index (κ2) is 4.21. The summed E-state index contributed by atoms with van der Waals surface area (Å²) in [6.07, 6.45) is 4.82. The van der Waals surface area contributed by atoms with Gasteiger partial charge in [0.25, 0.3) is 0 Å². The second-order valence-electron chi connectivity index (χ2n) is 3.84. The first kappa shape index (κ1) is 9.96. The minimum atomic E-state index is 0.294. The molecule has 0 spiro atoms. The fourth-order valence-electron chi connectivity index (χ4n) is 1.32. The topological polar surface area (TPSA) is 34.9 Å². The van der Waals surface area contributed by atoms with Crippen LogP contribution in [0.1, 0.15) is 25.8 Å². The van der Waals surface area contributed by atoms with Crippen LogP contribution in [-0.2, 0) is 18.3 Å². The van der Waals surface area contributed by atoms with Crippen LogP contribution in [0.4, 0.5) is 0 Å². The molecule has 0 aromatic carbocycles. The van der Waals surface area contributed by atoms with Crippen molar-refractivity contribution in [2.24, 2.45) is 13.0 Å². The first-order valence-electron chi connectivity index (χ1n) is 4.57. The predicted octanol–water partition coefficient (Wildman–Crippen LogP) is 1.58. The molecule has 1 aromatic heterocycles. The molecular formula is C10H16N2O. The lowest BCUT2D eigenvalue weighted by atomic mass is 10.0. The normalized spacial score (nSPS) is 10.8. The zero-order valence-electron chi connectivity index (χ0n) is 8.45. The third-order valence-corrected chi connectivity index (χ3v) is 1.80. The van der Waals surface area contributed by atoms with E-state index in [0.717, 1.165) is 5.56 Å². The molecule has 0 amide bonds. The van der Waals surface area contributed by atoms with Crippen LogP contribution in [0.15, 0.2) is 12.4 Å². The lowest BCUT2D eigenvalue weighted by molar-refractivity contribution is -0.119. The number of nitrogens with zero attached hydrogens (tertiary/aromatic N) is 2. The summed E-state index contributed by atoms with van der Waals surface area (Å²) in [5, 5.41) is 4.01. The molecule has 0 aliphatic carbocycles. The summed E-state index contributed by atoms with van der Waals surface area (Å²) in [6.45, 7) is 4.11. The van der Waals surface area contributed by atoms with Crippen molar-refractivity contribution in [1.82, 2.24) is 9.78 Å². The summed E-state index contributed by atoms with van der Waals surface area (Å²) < 4.78 is 1.72. The highest BCUT2D eigenvalue weighted by molar-refractivity contribution is 5.80. The number of aryl methyl sites for hydroxylation is 1. The third-order valence-electron chi connectivity index (χ3n) is 1.80. The SMILES string of the molecule is CC(C)CC(=O)Cc1cnn(C)c1. The summed E-state index contributed by atoms with van der Waals surface area (Å²) in [4.78, 5) is 11.4. The van der Waals surface area contributed by atoms with Crippen molar-refractivity contribution in [3.8, 4) is 0 Å². The summed E-state index contributed by atoms with van der Waals surface area (Å²) in [5.41, 5.74) is 1.01. The zero-order chi connectivity index (χ0) is 9.84. The van der Waals surface area contributed by atoms with Crippen molar-refractivity contribution in [2.45, 2.75) is 26.7 Å². The van der Waals surface area contributed by atoms with E-state index < -0.39 is 0 Å². The van der Waals surface area contributed by atoms with Crippen LogP contribution in [0.5, 0.6) is 0 Å². The van der Waals surface area contributed by atoms with Gasteiger partial charge in [-0.15, -0.1) is 0 Å². The first-order chi connectivity index (χ1) is 6.08. The van der Waals surface area contributed by atoms with Gasteiger partial charge in [-0.1, -0.05) is 13.8 Å². The fourth-order valence-corrected chi connectivity index (χ4v) is 1.32. The van der Waals surface area contributed by atoms with Crippen LogP contribution in [0, 0.1) is 5.92 Å². The molecule has 1 rings (SSSR count). The van der Waals surface area contributed by atoms with Gasteiger partial charge in [-0.25, -0.2) is 0 Å². The van der Waals surface area contributed by atoms with Crippen LogP contribution in [0.2, 0.25) is 0 Å². The van der Waals surface area contributed by atoms with Gasteiger partial charge in [-0.3, -0.25) is 9.48 Å². The van der Waals surface area contributed by atoms with E-state index in [-0.39, 0.29) is 0 Å². The van der Waals surface area contributed by atoms with E-state index in [1.54, 1.807) is 10.9 Å². The van der Waals surface area contributed by atoms with Crippen LogP contribution < -0.4 is 0 Å². The van der Waals surface area contributed by atoms with Crippen molar-refractivity contribution >= 4 is 5.78 Å². The molecule has 0 fully saturated rings. The van der Waals surface area contributed by atoms with Gasteiger partial charge < -0.3 is 0 Å². The molecule has 0 radical (unpaired) electrons. The van der Waals surface area contributed by atoms with Crippen molar-refractivity contribution in [2.75, 3.05) is 0 Å². The monoisotopic (exact) mass is 180 g/mol. The average Bonchev–Trinajstić information content (AvgIpc) is 2.33. The Kier molecular flexibility index (Phi) is 3.23. The molecule has 3 heteroatoms. The van der Waals surface area contributed by atoms with Crippen molar-refractivity contribution in [3.63, 3.8) is 0 Å². The van der Waals surface area contributed by atoms with Crippen molar-refractivity contribution in [1.29, 1.82) is 0 Å². The van der Waals surface area contributed by atoms with Gasteiger partial charge in [0.05, 0.1) is 6.20 Å². The summed E-state index contributed by atoms with van der Waals surface area (Å²) in [7, 11) is 1.86. The maximum atomic E-state index is 11.4.